The van der Waals surface area contributed by atoms with Crippen LogP contribution in [0.2, 0.25) is 0 Å². The van der Waals surface area contributed by atoms with Gasteiger partial charge in [0.15, 0.2) is 0 Å². The predicted molar refractivity (Wildman–Crippen MR) is 86.1 cm³/mol. The topological polar surface area (TPSA) is 69.6 Å². The van der Waals surface area contributed by atoms with Gasteiger partial charge in [-0.15, -0.1) is 12.4 Å². The van der Waals surface area contributed by atoms with Crippen LogP contribution in [0, 0.1) is 5.92 Å². The van der Waals surface area contributed by atoms with Crippen molar-refractivity contribution < 1.29 is 14.7 Å². The van der Waals surface area contributed by atoms with Crippen LogP contribution in [-0.4, -0.2) is 46.6 Å². The van der Waals surface area contributed by atoms with E-state index in [0.717, 1.165) is 38.5 Å². The molecule has 3 rings (SSSR count). The van der Waals surface area contributed by atoms with Crippen molar-refractivity contribution in [2.24, 2.45) is 5.92 Å². The Labute approximate surface area is 138 Å². The van der Waals surface area contributed by atoms with E-state index in [1.165, 1.54) is 19.3 Å². The maximum absolute atomic E-state index is 12.3. The molecular weight excluding hydrogens is 304 g/mol. The smallest absolute Gasteiger partial charge is 0.320 e. The van der Waals surface area contributed by atoms with Gasteiger partial charge in [0.1, 0.15) is 6.04 Å². The van der Waals surface area contributed by atoms with E-state index in [1.807, 2.05) is 4.90 Å². The van der Waals surface area contributed by atoms with Gasteiger partial charge in [-0.2, -0.15) is 0 Å². The largest absolute Gasteiger partial charge is 0.480 e. The van der Waals surface area contributed by atoms with Crippen LogP contribution < -0.4 is 5.32 Å². The number of amides is 1. The molecule has 2 N–H and O–H groups in total. The van der Waals surface area contributed by atoms with Crippen LogP contribution in [0.25, 0.3) is 0 Å². The highest BCUT2D eigenvalue weighted by Crippen LogP contribution is 2.39. The zero-order chi connectivity index (χ0) is 14.8. The van der Waals surface area contributed by atoms with E-state index >= 15 is 0 Å². The molecule has 0 aromatic heterocycles. The molecule has 2 aliphatic carbocycles. The molecule has 0 spiro atoms. The van der Waals surface area contributed by atoms with Gasteiger partial charge in [-0.05, 0) is 38.0 Å². The van der Waals surface area contributed by atoms with Crippen LogP contribution in [0.5, 0.6) is 0 Å². The molecule has 6 heteroatoms. The van der Waals surface area contributed by atoms with Crippen LogP contribution in [0.1, 0.15) is 57.8 Å². The fraction of sp³-hybridized carbons (Fsp3) is 0.875. The second-order valence-electron chi connectivity index (χ2n) is 6.92. The van der Waals surface area contributed by atoms with Crippen LogP contribution in [-0.2, 0) is 9.59 Å². The van der Waals surface area contributed by atoms with Crippen molar-refractivity contribution in [2.75, 3.05) is 6.54 Å². The third-order valence-corrected chi connectivity index (χ3v) is 5.55. The van der Waals surface area contributed by atoms with Crippen molar-refractivity contribution in [1.29, 1.82) is 0 Å². The summed E-state index contributed by atoms with van der Waals surface area (Å²) < 4.78 is 0. The van der Waals surface area contributed by atoms with Crippen molar-refractivity contribution in [2.45, 2.75) is 75.9 Å². The fourth-order valence-electron chi connectivity index (χ4n) is 4.53. The number of nitrogens with one attached hydrogen (secondary N) is 1. The molecule has 1 heterocycles. The van der Waals surface area contributed by atoms with Gasteiger partial charge in [-0.25, -0.2) is 0 Å². The van der Waals surface area contributed by atoms with E-state index in [0.29, 0.717) is 18.0 Å². The normalized spacial score (nSPS) is 32.3. The number of likely N-dealkylation sites (tertiary alicyclic amines) is 1. The Hall–Kier alpha value is -0.810. The molecule has 3 atom stereocenters. The minimum atomic E-state index is -0.766. The first-order valence-corrected chi connectivity index (χ1v) is 8.43. The lowest BCUT2D eigenvalue weighted by atomic mass is 9.85. The molecule has 2 saturated carbocycles. The molecule has 1 amide bonds. The van der Waals surface area contributed by atoms with Crippen molar-refractivity contribution in [1.82, 2.24) is 10.2 Å². The van der Waals surface area contributed by atoms with E-state index in [-0.39, 0.29) is 24.9 Å². The number of hydrogen-bond acceptors (Lipinski definition) is 3. The standard InChI is InChI=1S/C16H26N2O3.ClH/c19-15(17-12-6-2-3-7-12)10-18-13-8-4-1-5-11(13)9-14(18)16(20)21;/h11-14H,1-10H2,(H,17,19)(H,20,21);1H. The first kappa shape index (κ1) is 17.5. The molecule has 0 radical (unpaired) electrons. The predicted octanol–water partition coefficient (Wildman–Crippen LogP) is 2.18. The van der Waals surface area contributed by atoms with Crippen molar-refractivity contribution in [3.8, 4) is 0 Å². The summed E-state index contributed by atoms with van der Waals surface area (Å²) in [6.45, 7) is 0.259. The Kier molecular flexibility index (Phi) is 6.09. The minimum Gasteiger partial charge on any atom is -0.480 e. The Balaban J connectivity index is 0.00000176. The molecule has 0 aromatic rings. The summed E-state index contributed by atoms with van der Waals surface area (Å²) in [6.07, 6.45) is 9.77. The number of aliphatic carboxylic acids is 1. The van der Waals surface area contributed by atoms with Gasteiger partial charge < -0.3 is 10.4 Å². The molecule has 1 saturated heterocycles. The molecule has 5 nitrogen and oxygen atoms in total. The first-order chi connectivity index (χ1) is 10.1. The van der Waals surface area contributed by atoms with E-state index in [2.05, 4.69) is 5.32 Å². The van der Waals surface area contributed by atoms with Crippen molar-refractivity contribution in [3.05, 3.63) is 0 Å². The number of nitrogens with zero attached hydrogens (tertiary/aromatic N) is 1. The number of hydrogen-bond donors (Lipinski definition) is 2. The number of carbonyl (C=O) groups excluding carboxylic acids is 1. The second kappa shape index (κ2) is 7.64. The summed E-state index contributed by atoms with van der Waals surface area (Å²) in [5.74, 6) is -0.281. The third-order valence-electron chi connectivity index (χ3n) is 5.55. The number of carbonyl (C=O) groups is 2. The lowest BCUT2D eigenvalue weighted by Crippen LogP contribution is -2.48. The Bertz CT molecular complexity index is 412. The van der Waals surface area contributed by atoms with Crippen LogP contribution in [0.15, 0.2) is 0 Å². The van der Waals surface area contributed by atoms with Crippen LogP contribution in [0.3, 0.4) is 0 Å². The molecule has 3 unspecified atom stereocenters. The van der Waals surface area contributed by atoms with Gasteiger partial charge >= 0.3 is 5.97 Å². The summed E-state index contributed by atoms with van der Waals surface area (Å²) in [6, 6.07) is 0.146. The van der Waals surface area contributed by atoms with Gasteiger partial charge in [-0.3, -0.25) is 14.5 Å². The Morgan fingerprint density at radius 1 is 1.05 bits per heavy atom. The van der Waals surface area contributed by atoms with E-state index < -0.39 is 12.0 Å². The molecule has 0 aromatic carbocycles. The van der Waals surface area contributed by atoms with Crippen LogP contribution in [0.4, 0.5) is 0 Å². The van der Waals surface area contributed by atoms with Crippen LogP contribution >= 0.6 is 12.4 Å². The number of carboxylic acid groups (broad SMARTS) is 1. The molecule has 126 valence electrons. The highest BCUT2D eigenvalue weighted by atomic mass is 35.5. The van der Waals surface area contributed by atoms with E-state index in [4.69, 9.17) is 0 Å². The fourth-order valence-corrected chi connectivity index (χ4v) is 4.53. The number of fused-ring (bicyclic) bond motifs is 1. The Morgan fingerprint density at radius 3 is 2.36 bits per heavy atom. The SMILES string of the molecule is Cl.O=C(CN1C(C(=O)O)CC2CCCCC21)NC1CCCC1. The maximum Gasteiger partial charge on any atom is 0.320 e. The monoisotopic (exact) mass is 330 g/mol. The number of rotatable bonds is 4. The zero-order valence-electron chi connectivity index (χ0n) is 13.0. The summed E-state index contributed by atoms with van der Waals surface area (Å²) in [5.41, 5.74) is 0. The van der Waals surface area contributed by atoms with Crippen molar-refractivity contribution in [3.63, 3.8) is 0 Å². The van der Waals surface area contributed by atoms with Gasteiger partial charge in [-0.1, -0.05) is 25.7 Å². The number of halogens is 1. The molecular formula is C16H27ClN2O3. The summed E-state index contributed by atoms with van der Waals surface area (Å²) in [4.78, 5) is 25.7. The van der Waals surface area contributed by atoms with E-state index in [9.17, 15) is 14.7 Å². The quantitative estimate of drug-likeness (QED) is 0.829. The van der Waals surface area contributed by atoms with Crippen molar-refractivity contribution >= 4 is 24.3 Å². The third kappa shape index (κ3) is 3.74. The lowest BCUT2D eigenvalue weighted by Gasteiger charge is -2.32. The van der Waals surface area contributed by atoms with Gasteiger partial charge in [0.2, 0.25) is 5.91 Å². The zero-order valence-corrected chi connectivity index (χ0v) is 13.8. The second-order valence-corrected chi connectivity index (χ2v) is 6.92. The molecule has 0 bridgehead atoms. The highest BCUT2D eigenvalue weighted by molar-refractivity contribution is 5.85. The number of carboxylic acids is 1. The van der Waals surface area contributed by atoms with Gasteiger partial charge in [0, 0.05) is 12.1 Å². The minimum absolute atomic E-state index is 0. The lowest BCUT2D eigenvalue weighted by molar-refractivity contribution is -0.143. The average Bonchev–Trinajstić information content (AvgIpc) is 3.07. The molecule has 3 aliphatic rings. The first-order valence-electron chi connectivity index (χ1n) is 8.43. The maximum atomic E-state index is 12.3. The molecule has 3 fully saturated rings. The molecule has 22 heavy (non-hydrogen) atoms. The van der Waals surface area contributed by atoms with E-state index in [1.54, 1.807) is 0 Å². The average molecular weight is 331 g/mol. The molecule has 1 aliphatic heterocycles. The Morgan fingerprint density at radius 2 is 1.68 bits per heavy atom. The van der Waals surface area contributed by atoms with Gasteiger partial charge in [0.05, 0.1) is 6.54 Å². The highest BCUT2D eigenvalue weighted by Gasteiger charge is 2.45. The van der Waals surface area contributed by atoms with Gasteiger partial charge in [0.25, 0.3) is 0 Å². The summed E-state index contributed by atoms with van der Waals surface area (Å²) in [5, 5.41) is 12.5. The summed E-state index contributed by atoms with van der Waals surface area (Å²) in [7, 11) is 0. The summed E-state index contributed by atoms with van der Waals surface area (Å²) >= 11 is 0.